The molecule has 8 nitrogen and oxygen atoms in total. The number of sulfonamides is 1. The van der Waals surface area contributed by atoms with Gasteiger partial charge in [0.25, 0.3) is 0 Å². The van der Waals surface area contributed by atoms with Crippen LogP contribution in [0.25, 0.3) is 11.0 Å². The van der Waals surface area contributed by atoms with Crippen LogP contribution in [0.15, 0.2) is 18.2 Å². The number of pyridine rings is 1. The Morgan fingerprint density at radius 3 is 2.65 bits per heavy atom. The number of hydrogen-bond donors (Lipinski definition) is 2. The molecule has 0 amide bonds. The number of aromatic nitrogens is 3. The van der Waals surface area contributed by atoms with E-state index in [0.29, 0.717) is 36.4 Å². The second-order valence-corrected chi connectivity index (χ2v) is 8.96. The molecule has 168 valence electrons. The fourth-order valence-corrected chi connectivity index (χ4v) is 4.41. The first kappa shape index (κ1) is 22.9. The summed E-state index contributed by atoms with van der Waals surface area (Å²) in [5.41, 5.74) is 8.75. The van der Waals surface area contributed by atoms with Gasteiger partial charge in [0.05, 0.1) is 17.0 Å². The van der Waals surface area contributed by atoms with Gasteiger partial charge in [0.15, 0.2) is 5.82 Å². The number of anilines is 2. The third kappa shape index (κ3) is 5.10. The maximum Gasteiger partial charge on any atom is 0.232 e. The number of imidazole rings is 1. The number of nitrogen functional groups attached to an aromatic ring is 1. The minimum atomic E-state index is -3.85. The maximum absolute atomic E-state index is 13.8. The van der Waals surface area contributed by atoms with Crippen molar-refractivity contribution in [3.05, 3.63) is 46.9 Å². The number of benzene rings is 1. The highest BCUT2D eigenvalue weighted by Crippen LogP contribution is 2.27. The molecule has 0 aliphatic rings. The summed E-state index contributed by atoms with van der Waals surface area (Å²) in [6, 6.07) is 2.66. The molecule has 0 aliphatic carbocycles. The van der Waals surface area contributed by atoms with Crippen molar-refractivity contribution in [2.24, 2.45) is 0 Å². The number of hydrogen-bond acceptors (Lipinski definition) is 6. The minimum absolute atomic E-state index is 0.226. The van der Waals surface area contributed by atoms with Gasteiger partial charge in [-0.1, -0.05) is 0 Å². The molecule has 0 saturated heterocycles. The maximum atomic E-state index is 13.8. The Balaban J connectivity index is 1.82. The van der Waals surface area contributed by atoms with Crippen molar-refractivity contribution in [2.45, 2.75) is 40.3 Å². The molecular weight excluding hydrogens is 428 g/mol. The van der Waals surface area contributed by atoms with E-state index in [2.05, 4.69) is 14.7 Å². The predicted octanol–water partition coefficient (Wildman–Crippen LogP) is 3.28. The summed E-state index contributed by atoms with van der Waals surface area (Å²) in [5, 5.41) is 0. The van der Waals surface area contributed by atoms with E-state index in [-0.39, 0.29) is 24.5 Å². The van der Waals surface area contributed by atoms with Crippen LogP contribution in [0, 0.1) is 25.5 Å². The summed E-state index contributed by atoms with van der Waals surface area (Å²) in [4.78, 5) is 8.86. The van der Waals surface area contributed by atoms with Crippen LogP contribution in [0.5, 0.6) is 0 Å². The molecule has 0 spiro atoms. The van der Waals surface area contributed by atoms with Crippen molar-refractivity contribution < 1.29 is 21.9 Å². The quantitative estimate of drug-likeness (QED) is 0.514. The molecule has 3 N–H and O–H groups in total. The van der Waals surface area contributed by atoms with Gasteiger partial charge in [-0.25, -0.2) is 27.2 Å². The molecule has 2 aromatic heterocycles. The van der Waals surface area contributed by atoms with E-state index < -0.39 is 21.7 Å². The van der Waals surface area contributed by atoms with Crippen LogP contribution >= 0.6 is 0 Å². The van der Waals surface area contributed by atoms with Gasteiger partial charge in [-0.3, -0.25) is 4.72 Å². The largest absolute Gasteiger partial charge is 0.382 e. The molecule has 3 aromatic rings. The van der Waals surface area contributed by atoms with Crippen LogP contribution in [0.3, 0.4) is 0 Å². The standard InChI is InChI=1S/C20H25F2N5O3S/c1-4-30-11-17-25-18-19(12(2)13(3)24-20(18)23)27(17)8-5-9-31(28,29)26-16-7-6-14(21)10-15(16)22/h6-7,10,26H,4-5,8-9,11H2,1-3H3,(H2,23,24). The van der Waals surface area contributed by atoms with Crippen molar-refractivity contribution >= 4 is 32.6 Å². The summed E-state index contributed by atoms with van der Waals surface area (Å²) in [5.74, 6) is -1.11. The van der Waals surface area contributed by atoms with Gasteiger partial charge < -0.3 is 15.0 Å². The molecule has 0 bridgehead atoms. The van der Waals surface area contributed by atoms with Gasteiger partial charge in [-0.05, 0) is 44.9 Å². The molecule has 1 aromatic carbocycles. The van der Waals surface area contributed by atoms with Crippen molar-refractivity contribution in [3.63, 3.8) is 0 Å². The van der Waals surface area contributed by atoms with E-state index in [4.69, 9.17) is 10.5 Å². The zero-order valence-corrected chi connectivity index (χ0v) is 18.4. The first-order valence-electron chi connectivity index (χ1n) is 9.78. The Labute approximate surface area is 179 Å². The number of nitrogens with zero attached hydrogens (tertiary/aromatic N) is 3. The Morgan fingerprint density at radius 1 is 1.23 bits per heavy atom. The fraction of sp³-hybridized carbons (Fsp3) is 0.400. The number of nitrogens with one attached hydrogen (secondary N) is 1. The van der Waals surface area contributed by atoms with E-state index in [0.717, 1.165) is 28.9 Å². The third-order valence-electron chi connectivity index (χ3n) is 4.90. The lowest BCUT2D eigenvalue weighted by Gasteiger charge is -2.13. The molecule has 0 fully saturated rings. The zero-order valence-electron chi connectivity index (χ0n) is 17.6. The molecular formula is C20H25F2N5O3S. The molecule has 0 saturated carbocycles. The normalized spacial score (nSPS) is 11.9. The molecule has 0 aliphatic heterocycles. The topological polar surface area (TPSA) is 112 Å². The highest BCUT2D eigenvalue weighted by molar-refractivity contribution is 7.92. The van der Waals surface area contributed by atoms with Gasteiger partial charge >= 0.3 is 0 Å². The number of halogens is 2. The molecule has 0 atom stereocenters. The average molecular weight is 454 g/mol. The number of rotatable bonds is 9. The van der Waals surface area contributed by atoms with Crippen molar-refractivity contribution in [1.29, 1.82) is 0 Å². The van der Waals surface area contributed by atoms with Crippen LogP contribution in [0.4, 0.5) is 20.3 Å². The van der Waals surface area contributed by atoms with Gasteiger partial charge in [-0.15, -0.1) is 0 Å². The van der Waals surface area contributed by atoms with Gasteiger partial charge in [-0.2, -0.15) is 0 Å². The van der Waals surface area contributed by atoms with Crippen LogP contribution in [0.2, 0.25) is 0 Å². The predicted molar refractivity (Wildman–Crippen MR) is 115 cm³/mol. The first-order chi connectivity index (χ1) is 14.6. The van der Waals surface area contributed by atoms with Crippen LogP contribution in [-0.2, 0) is 27.9 Å². The number of aryl methyl sites for hydroxylation is 3. The van der Waals surface area contributed by atoms with Gasteiger partial charge in [0.1, 0.15) is 29.6 Å². The Morgan fingerprint density at radius 2 is 1.97 bits per heavy atom. The molecule has 11 heteroatoms. The van der Waals surface area contributed by atoms with E-state index in [1.165, 1.54) is 0 Å². The SMILES string of the molecule is CCOCc1nc2c(N)nc(C)c(C)c2n1CCCS(=O)(=O)Nc1ccc(F)cc1F. The average Bonchev–Trinajstić information content (AvgIpc) is 3.06. The smallest absolute Gasteiger partial charge is 0.232 e. The van der Waals surface area contributed by atoms with E-state index in [9.17, 15) is 17.2 Å². The summed E-state index contributed by atoms with van der Waals surface area (Å²) in [7, 11) is -3.85. The number of nitrogens with two attached hydrogens (primary N) is 1. The lowest BCUT2D eigenvalue weighted by Crippen LogP contribution is -2.19. The second kappa shape index (κ2) is 9.15. The lowest BCUT2D eigenvalue weighted by atomic mass is 10.2. The zero-order chi connectivity index (χ0) is 22.8. The molecule has 3 rings (SSSR count). The molecule has 2 heterocycles. The molecule has 0 radical (unpaired) electrons. The number of ether oxygens (including phenoxy) is 1. The Bertz CT molecular complexity index is 1210. The lowest BCUT2D eigenvalue weighted by molar-refractivity contribution is 0.126. The van der Waals surface area contributed by atoms with Crippen LogP contribution < -0.4 is 10.5 Å². The third-order valence-corrected chi connectivity index (χ3v) is 6.26. The Hall–Kier alpha value is -2.79. The minimum Gasteiger partial charge on any atom is -0.382 e. The highest BCUT2D eigenvalue weighted by atomic mass is 32.2. The Kier molecular flexibility index (Phi) is 6.75. The molecule has 31 heavy (non-hydrogen) atoms. The van der Waals surface area contributed by atoms with Crippen LogP contribution in [-0.4, -0.2) is 35.3 Å². The van der Waals surface area contributed by atoms with E-state index >= 15 is 0 Å². The fourth-order valence-electron chi connectivity index (χ4n) is 3.29. The summed E-state index contributed by atoms with van der Waals surface area (Å²) in [6.45, 7) is 6.69. The molecule has 0 unspecified atom stereocenters. The highest BCUT2D eigenvalue weighted by Gasteiger charge is 2.19. The van der Waals surface area contributed by atoms with E-state index in [1.54, 1.807) is 0 Å². The van der Waals surface area contributed by atoms with Gasteiger partial charge in [0.2, 0.25) is 10.0 Å². The summed E-state index contributed by atoms with van der Waals surface area (Å²) in [6.07, 6.45) is 0.226. The van der Waals surface area contributed by atoms with Crippen LogP contribution in [0.1, 0.15) is 30.4 Å². The summed E-state index contributed by atoms with van der Waals surface area (Å²) < 4.78 is 61.2. The first-order valence-corrected chi connectivity index (χ1v) is 11.4. The number of fused-ring (bicyclic) bond motifs is 1. The van der Waals surface area contributed by atoms with Crippen molar-refractivity contribution in [1.82, 2.24) is 14.5 Å². The van der Waals surface area contributed by atoms with Crippen molar-refractivity contribution in [3.8, 4) is 0 Å². The van der Waals surface area contributed by atoms with E-state index in [1.807, 2.05) is 25.3 Å². The van der Waals surface area contributed by atoms with Crippen molar-refractivity contribution in [2.75, 3.05) is 22.8 Å². The monoisotopic (exact) mass is 453 g/mol. The van der Waals surface area contributed by atoms with Gasteiger partial charge in [0, 0.05) is 24.9 Å². The summed E-state index contributed by atoms with van der Waals surface area (Å²) >= 11 is 0. The second-order valence-electron chi connectivity index (χ2n) is 7.12.